The number of hydrogen-bond donors (Lipinski definition) is 1. The molecule has 0 atom stereocenters. The van der Waals surface area contributed by atoms with E-state index in [2.05, 4.69) is 26.4 Å². The minimum atomic E-state index is 0.390. The Morgan fingerprint density at radius 2 is 2.19 bits per heavy atom. The van der Waals surface area contributed by atoms with Gasteiger partial charge in [-0.1, -0.05) is 11.2 Å². The van der Waals surface area contributed by atoms with E-state index in [9.17, 15) is 0 Å². The minimum absolute atomic E-state index is 0.390. The van der Waals surface area contributed by atoms with Crippen LogP contribution in [0.1, 0.15) is 17.0 Å². The largest absolute Gasteiger partial charge is 0.486 e. The molecule has 5 nitrogen and oxygen atoms in total. The summed E-state index contributed by atoms with van der Waals surface area (Å²) in [5, 5.41) is 7.20. The van der Waals surface area contributed by atoms with Crippen LogP contribution in [0.5, 0.6) is 5.75 Å². The number of methoxy groups -OCH3 is 1. The maximum Gasteiger partial charge on any atom is 0.134 e. The van der Waals surface area contributed by atoms with Gasteiger partial charge in [0.15, 0.2) is 0 Å². The zero-order valence-electron chi connectivity index (χ0n) is 12.2. The van der Waals surface area contributed by atoms with Crippen molar-refractivity contribution >= 4 is 15.9 Å². The smallest absolute Gasteiger partial charge is 0.134 e. The minimum Gasteiger partial charge on any atom is -0.486 e. The van der Waals surface area contributed by atoms with Gasteiger partial charge in [-0.3, -0.25) is 0 Å². The standard InChI is InChI=1S/C15H19BrN2O3/c1-11-7-13(18-21-11)10-20-15-4-3-12(8-14(15)16)9-17-5-6-19-2/h3-4,7-8,17H,5-6,9-10H2,1-2H3. The predicted octanol–water partition coefficient (Wildman–Crippen LogP) is 3.06. The molecule has 1 aromatic carbocycles. The first-order valence-corrected chi connectivity index (χ1v) is 7.51. The highest BCUT2D eigenvalue weighted by molar-refractivity contribution is 9.10. The van der Waals surface area contributed by atoms with Crippen LogP contribution in [0.2, 0.25) is 0 Å². The van der Waals surface area contributed by atoms with Crippen LogP contribution in [0.4, 0.5) is 0 Å². The Morgan fingerprint density at radius 3 is 2.86 bits per heavy atom. The van der Waals surface area contributed by atoms with E-state index in [1.807, 2.05) is 31.2 Å². The first-order valence-electron chi connectivity index (χ1n) is 6.72. The molecular weight excluding hydrogens is 336 g/mol. The molecule has 0 saturated carbocycles. The SMILES string of the molecule is COCCNCc1ccc(OCc2cc(C)on2)c(Br)c1. The van der Waals surface area contributed by atoms with Crippen LogP contribution in [0.25, 0.3) is 0 Å². The molecule has 0 radical (unpaired) electrons. The van der Waals surface area contributed by atoms with Gasteiger partial charge >= 0.3 is 0 Å². The van der Waals surface area contributed by atoms with Crippen LogP contribution in [-0.4, -0.2) is 25.4 Å². The van der Waals surface area contributed by atoms with Crippen molar-refractivity contribution in [1.82, 2.24) is 10.5 Å². The molecule has 1 N–H and O–H groups in total. The lowest BCUT2D eigenvalue weighted by molar-refractivity contribution is 0.199. The van der Waals surface area contributed by atoms with Crippen LogP contribution >= 0.6 is 15.9 Å². The fourth-order valence-electron chi connectivity index (χ4n) is 1.82. The zero-order chi connectivity index (χ0) is 15.1. The molecule has 2 rings (SSSR count). The van der Waals surface area contributed by atoms with E-state index in [4.69, 9.17) is 14.0 Å². The van der Waals surface area contributed by atoms with Gasteiger partial charge in [0.25, 0.3) is 0 Å². The number of benzene rings is 1. The fourth-order valence-corrected chi connectivity index (χ4v) is 2.36. The second-order valence-corrected chi connectivity index (χ2v) is 5.51. The van der Waals surface area contributed by atoms with Crippen molar-refractivity contribution in [2.24, 2.45) is 0 Å². The average Bonchev–Trinajstić information content (AvgIpc) is 2.88. The maximum atomic E-state index is 5.72. The van der Waals surface area contributed by atoms with E-state index < -0.39 is 0 Å². The van der Waals surface area contributed by atoms with Crippen molar-refractivity contribution < 1.29 is 14.0 Å². The van der Waals surface area contributed by atoms with E-state index >= 15 is 0 Å². The maximum absolute atomic E-state index is 5.72. The summed E-state index contributed by atoms with van der Waals surface area (Å²) in [7, 11) is 1.70. The molecule has 21 heavy (non-hydrogen) atoms. The Balaban J connectivity index is 1.86. The summed E-state index contributed by atoms with van der Waals surface area (Å²) in [5.74, 6) is 1.57. The molecule has 1 heterocycles. The molecule has 0 aliphatic heterocycles. The van der Waals surface area contributed by atoms with Gasteiger partial charge in [0.1, 0.15) is 23.8 Å². The zero-order valence-corrected chi connectivity index (χ0v) is 13.8. The van der Waals surface area contributed by atoms with Gasteiger partial charge < -0.3 is 19.3 Å². The van der Waals surface area contributed by atoms with Gasteiger partial charge in [0, 0.05) is 26.3 Å². The number of nitrogens with one attached hydrogen (secondary N) is 1. The lowest BCUT2D eigenvalue weighted by Crippen LogP contribution is -2.18. The van der Waals surface area contributed by atoms with Crippen LogP contribution in [0, 0.1) is 6.92 Å². The van der Waals surface area contributed by atoms with Crippen molar-refractivity contribution in [1.29, 1.82) is 0 Å². The third-order valence-electron chi connectivity index (χ3n) is 2.86. The molecule has 6 heteroatoms. The summed E-state index contributed by atoms with van der Waals surface area (Å²) in [6.07, 6.45) is 0. The monoisotopic (exact) mass is 354 g/mol. The van der Waals surface area contributed by atoms with Gasteiger partial charge in [-0.25, -0.2) is 0 Å². The van der Waals surface area contributed by atoms with E-state index in [1.165, 1.54) is 5.56 Å². The van der Waals surface area contributed by atoms with Crippen molar-refractivity contribution in [2.45, 2.75) is 20.1 Å². The first-order chi connectivity index (χ1) is 10.2. The van der Waals surface area contributed by atoms with Gasteiger partial charge in [0.05, 0.1) is 11.1 Å². The van der Waals surface area contributed by atoms with Crippen molar-refractivity contribution in [3.8, 4) is 5.75 Å². The van der Waals surface area contributed by atoms with E-state index in [-0.39, 0.29) is 0 Å². The Kier molecular flexibility index (Phi) is 6.22. The molecular formula is C15H19BrN2O3. The fraction of sp³-hybridized carbons (Fsp3) is 0.400. The van der Waals surface area contributed by atoms with Gasteiger partial charge in [-0.2, -0.15) is 0 Å². The summed E-state index contributed by atoms with van der Waals surface area (Å²) in [4.78, 5) is 0. The number of halogens is 1. The summed E-state index contributed by atoms with van der Waals surface area (Å²) < 4.78 is 16.6. The topological polar surface area (TPSA) is 56.5 Å². The molecule has 0 bridgehead atoms. The molecule has 0 saturated heterocycles. The highest BCUT2D eigenvalue weighted by atomic mass is 79.9. The summed E-state index contributed by atoms with van der Waals surface area (Å²) in [5.41, 5.74) is 1.97. The average molecular weight is 355 g/mol. The molecule has 114 valence electrons. The predicted molar refractivity (Wildman–Crippen MR) is 83.3 cm³/mol. The lowest BCUT2D eigenvalue weighted by atomic mass is 10.2. The quantitative estimate of drug-likeness (QED) is 0.738. The van der Waals surface area contributed by atoms with Crippen LogP contribution in [0.15, 0.2) is 33.3 Å². The summed E-state index contributed by atoms with van der Waals surface area (Å²) in [6, 6.07) is 7.89. The van der Waals surface area contributed by atoms with Crippen molar-refractivity contribution in [3.05, 3.63) is 45.8 Å². The van der Waals surface area contributed by atoms with Crippen LogP contribution in [0.3, 0.4) is 0 Å². The van der Waals surface area contributed by atoms with Gasteiger partial charge in [-0.15, -0.1) is 0 Å². The van der Waals surface area contributed by atoms with Crippen molar-refractivity contribution in [2.75, 3.05) is 20.3 Å². The van der Waals surface area contributed by atoms with E-state index in [0.717, 1.165) is 34.8 Å². The summed E-state index contributed by atoms with van der Waals surface area (Å²) >= 11 is 3.53. The number of aryl methyl sites for hydroxylation is 1. The molecule has 0 amide bonds. The Bertz CT molecular complexity index is 572. The molecule has 0 fully saturated rings. The molecule has 0 spiro atoms. The molecule has 2 aromatic rings. The Hall–Kier alpha value is -1.37. The third kappa shape index (κ3) is 5.15. The highest BCUT2D eigenvalue weighted by Crippen LogP contribution is 2.26. The Labute approximate surface area is 132 Å². The molecule has 0 aliphatic carbocycles. The second kappa shape index (κ2) is 8.17. The van der Waals surface area contributed by atoms with Gasteiger partial charge in [0.2, 0.25) is 0 Å². The van der Waals surface area contributed by atoms with E-state index in [0.29, 0.717) is 13.2 Å². The van der Waals surface area contributed by atoms with Gasteiger partial charge in [-0.05, 0) is 40.5 Å². The molecule has 0 unspecified atom stereocenters. The summed E-state index contributed by atoms with van der Waals surface area (Å²) in [6.45, 7) is 4.58. The number of hydrogen-bond acceptors (Lipinski definition) is 5. The van der Waals surface area contributed by atoms with E-state index in [1.54, 1.807) is 7.11 Å². The number of aromatic nitrogens is 1. The van der Waals surface area contributed by atoms with Crippen LogP contribution in [-0.2, 0) is 17.9 Å². The number of rotatable bonds is 8. The Morgan fingerprint density at radius 1 is 1.33 bits per heavy atom. The normalized spacial score (nSPS) is 10.8. The first kappa shape index (κ1) is 16.0. The highest BCUT2D eigenvalue weighted by Gasteiger charge is 2.05. The molecule has 1 aromatic heterocycles. The molecule has 0 aliphatic rings. The van der Waals surface area contributed by atoms with Crippen molar-refractivity contribution in [3.63, 3.8) is 0 Å². The lowest BCUT2D eigenvalue weighted by Gasteiger charge is -2.09. The number of nitrogens with zero attached hydrogens (tertiary/aromatic N) is 1. The van der Waals surface area contributed by atoms with Crippen LogP contribution < -0.4 is 10.1 Å². The number of ether oxygens (including phenoxy) is 2. The third-order valence-corrected chi connectivity index (χ3v) is 3.48. The second-order valence-electron chi connectivity index (χ2n) is 4.65.